The SMILES string of the molecule is CCCCc1ccccn1.Clc1ccccc1. The van der Waals surface area contributed by atoms with Crippen molar-refractivity contribution < 1.29 is 0 Å². The van der Waals surface area contributed by atoms with E-state index in [2.05, 4.69) is 18.0 Å². The summed E-state index contributed by atoms with van der Waals surface area (Å²) in [6, 6.07) is 15.5. The number of aryl methyl sites for hydroxylation is 1. The van der Waals surface area contributed by atoms with Gasteiger partial charge in [0, 0.05) is 16.9 Å². The Morgan fingerprint density at radius 2 is 1.71 bits per heavy atom. The number of unbranched alkanes of at least 4 members (excludes halogenated alkanes) is 1. The van der Waals surface area contributed by atoms with Crippen LogP contribution in [0.4, 0.5) is 0 Å². The van der Waals surface area contributed by atoms with E-state index < -0.39 is 0 Å². The summed E-state index contributed by atoms with van der Waals surface area (Å²) in [4.78, 5) is 4.22. The molecule has 17 heavy (non-hydrogen) atoms. The summed E-state index contributed by atoms with van der Waals surface area (Å²) in [5, 5.41) is 0.794. The molecule has 1 aromatic carbocycles. The normalized spacial score (nSPS) is 9.29. The Bertz CT molecular complexity index is 386. The quantitative estimate of drug-likeness (QED) is 0.762. The fourth-order valence-electron chi connectivity index (χ4n) is 1.32. The molecule has 0 radical (unpaired) electrons. The molecule has 2 aromatic rings. The summed E-state index contributed by atoms with van der Waals surface area (Å²) in [6.45, 7) is 2.20. The second-order valence-electron chi connectivity index (χ2n) is 3.72. The number of halogens is 1. The molecule has 2 rings (SSSR count). The van der Waals surface area contributed by atoms with Crippen LogP contribution in [-0.4, -0.2) is 4.98 Å². The lowest BCUT2D eigenvalue weighted by molar-refractivity contribution is 0.777. The largest absolute Gasteiger partial charge is 0.261 e. The Morgan fingerprint density at radius 1 is 1.00 bits per heavy atom. The molecule has 1 aromatic heterocycles. The van der Waals surface area contributed by atoms with Crippen molar-refractivity contribution in [3.05, 3.63) is 65.4 Å². The molecule has 0 aliphatic heterocycles. The minimum absolute atomic E-state index is 0.794. The van der Waals surface area contributed by atoms with Crippen molar-refractivity contribution in [2.75, 3.05) is 0 Å². The molecule has 2 heteroatoms. The monoisotopic (exact) mass is 247 g/mol. The lowest BCUT2D eigenvalue weighted by atomic mass is 10.2. The molecule has 1 nitrogen and oxygen atoms in total. The Kier molecular flexibility index (Phi) is 7.08. The van der Waals surface area contributed by atoms with Gasteiger partial charge in [-0.3, -0.25) is 4.98 Å². The average Bonchev–Trinajstić information content (AvgIpc) is 2.39. The first kappa shape index (κ1) is 13.7. The van der Waals surface area contributed by atoms with Gasteiger partial charge in [0.25, 0.3) is 0 Å². The van der Waals surface area contributed by atoms with Crippen LogP contribution in [0, 0.1) is 0 Å². The second-order valence-corrected chi connectivity index (χ2v) is 4.16. The van der Waals surface area contributed by atoms with Crippen LogP contribution in [-0.2, 0) is 6.42 Å². The van der Waals surface area contributed by atoms with Crippen molar-refractivity contribution in [2.24, 2.45) is 0 Å². The zero-order chi connectivity index (χ0) is 12.3. The third-order valence-electron chi connectivity index (χ3n) is 2.25. The van der Waals surface area contributed by atoms with Crippen LogP contribution in [0.25, 0.3) is 0 Å². The van der Waals surface area contributed by atoms with Gasteiger partial charge in [0.2, 0.25) is 0 Å². The number of nitrogens with zero attached hydrogens (tertiary/aromatic N) is 1. The van der Waals surface area contributed by atoms with E-state index in [1.807, 2.05) is 48.7 Å². The van der Waals surface area contributed by atoms with Crippen molar-refractivity contribution >= 4 is 11.6 Å². The topological polar surface area (TPSA) is 12.9 Å². The van der Waals surface area contributed by atoms with E-state index in [-0.39, 0.29) is 0 Å². The predicted octanol–water partition coefficient (Wildman–Crippen LogP) is 4.76. The third-order valence-corrected chi connectivity index (χ3v) is 2.50. The standard InChI is InChI=1S/C9H13N.C6H5Cl/c1-2-3-6-9-7-4-5-8-10-9;7-6-4-2-1-3-5-6/h4-5,7-8H,2-3,6H2,1H3;1-5H. The van der Waals surface area contributed by atoms with Crippen molar-refractivity contribution in [1.82, 2.24) is 4.98 Å². The summed E-state index contributed by atoms with van der Waals surface area (Å²) >= 11 is 5.54. The van der Waals surface area contributed by atoms with Crippen LogP contribution >= 0.6 is 11.6 Å². The van der Waals surface area contributed by atoms with Gasteiger partial charge in [0.15, 0.2) is 0 Å². The minimum atomic E-state index is 0.794. The van der Waals surface area contributed by atoms with Gasteiger partial charge in [-0.2, -0.15) is 0 Å². The second kappa shape index (κ2) is 8.77. The number of hydrogen-bond acceptors (Lipinski definition) is 1. The van der Waals surface area contributed by atoms with Gasteiger partial charge in [-0.05, 0) is 37.1 Å². The number of hydrogen-bond donors (Lipinski definition) is 0. The number of benzene rings is 1. The van der Waals surface area contributed by atoms with Crippen molar-refractivity contribution in [2.45, 2.75) is 26.2 Å². The van der Waals surface area contributed by atoms with E-state index in [0.717, 1.165) is 11.4 Å². The minimum Gasteiger partial charge on any atom is -0.261 e. The molecule has 0 aliphatic carbocycles. The van der Waals surface area contributed by atoms with E-state index in [0.29, 0.717) is 0 Å². The summed E-state index contributed by atoms with van der Waals surface area (Å²) in [5.74, 6) is 0. The fourth-order valence-corrected chi connectivity index (χ4v) is 1.46. The highest BCUT2D eigenvalue weighted by atomic mass is 35.5. The van der Waals surface area contributed by atoms with Gasteiger partial charge in [-0.1, -0.05) is 49.2 Å². The molecule has 0 unspecified atom stereocenters. The molecule has 0 N–H and O–H groups in total. The van der Waals surface area contributed by atoms with Crippen LogP contribution in [0.1, 0.15) is 25.5 Å². The smallest absolute Gasteiger partial charge is 0.0405 e. The van der Waals surface area contributed by atoms with Crippen molar-refractivity contribution in [3.8, 4) is 0 Å². The summed E-state index contributed by atoms with van der Waals surface area (Å²) in [6.07, 6.45) is 5.47. The Labute approximate surface area is 108 Å². The van der Waals surface area contributed by atoms with Crippen molar-refractivity contribution in [1.29, 1.82) is 0 Å². The molecular formula is C15H18ClN. The molecule has 0 atom stereocenters. The highest BCUT2D eigenvalue weighted by molar-refractivity contribution is 6.30. The van der Waals surface area contributed by atoms with E-state index in [9.17, 15) is 0 Å². The van der Waals surface area contributed by atoms with Crippen LogP contribution in [0.3, 0.4) is 0 Å². The number of rotatable bonds is 3. The first-order valence-electron chi connectivity index (χ1n) is 5.93. The molecule has 0 spiro atoms. The predicted molar refractivity (Wildman–Crippen MR) is 74.3 cm³/mol. The van der Waals surface area contributed by atoms with Gasteiger partial charge in [0.05, 0.1) is 0 Å². The molecule has 0 bridgehead atoms. The van der Waals surface area contributed by atoms with E-state index in [1.165, 1.54) is 18.5 Å². The van der Waals surface area contributed by atoms with Crippen LogP contribution in [0.5, 0.6) is 0 Å². The van der Waals surface area contributed by atoms with Gasteiger partial charge < -0.3 is 0 Å². The van der Waals surface area contributed by atoms with E-state index >= 15 is 0 Å². The maximum absolute atomic E-state index is 5.54. The first-order chi connectivity index (χ1) is 8.33. The van der Waals surface area contributed by atoms with Gasteiger partial charge in [-0.25, -0.2) is 0 Å². The fraction of sp³-hybridized carbons (Fsp3) is 0.267. The van der Waals surface area contributed by atoms with Crippen LogP contribution in [0.15, 0.2) is 54.7 Å². The molecule has 0 amide bonds. The van der Waals surface area contributed by atoms with Gasteiger partial charge in [0.1, 0.15) is 0 Å². The molecule has 90 valence electrons. The number of pyridine rings is 1. The maximum Gasteiger partial charge on any atom is 0.0405 e. The zero-order valence-electron chi connectivity index (χ0n) is 10.1. The van der Waals surface area contributed by atoms with Crippen LogP contribution in [0.2, 0.25) is 5.02 Å². The van der Waals surface area contributed by atoms with Crippen LogP contribution < -0.4 is 0 Å². The summed E-state index contributed by atoms with van der Waals surface area (Å²) in [7, 11) is 0. The molecule has 1 heterocycles. The van der Waals surface area contributed by atoms with Gasteiger partial charge >= 0.3 is 0 Å². The zero-order valence-corrected chi connectivity index (χ0v) is 10.9. The third kappa shape index (κ3) is 6.75. The molecular weight excluding hydrogens is 230 g/mol. The Hall–Kier alpha value is -1.34. The summed E-state index contributed by atoms with van der Waals surface area (Å²) in [5.41, 5.74) is 1.21. The van der Waals surface area contributed by atoms with E-state index in [4.69, 9.17) is 11.6 Å². The first-order valence-corrected chi connectivity index (χ1v) is 6.31. The molecule has 0 saturated carbocycles. The Morgan fingerprint density at radius 3 is 2.18 bits per heavy atom. The summed E-state index contributed by atoms with van der Waals surface area (Å²) < 4.78 is 0. The lowest BCUT2D eigenvalue weighted by Crippen LogP contribution is -1.86. The van der Waals surface area contributed by atoms with E-state index in [1.54, 1.807) is 0 Å². The highest BCUT2D eigenvalue weighted by Gasteiger charge is 1.89. The Balaban J connectivity index is 0.000000181. The van der Waals surface area contributed by atoms with Crippen molar-refractivity contribution in [3.63, 3.8) is 0 Å². The molecule has 0 fully saturated rings. The number of aromatic nitrogens is 1. The highest BCUT2D eigenvalue weighted by Crippen LogP contribution is 2.03. The van der Waals surface area contributed by atoms with Gasteiger partial charge in [-0.15, -0.1) is 0 Å². The lowest BCUT2D eigenvalue weighted by Gasteiger charge is -1.95. The molecule has 0 saturated heterocycles. The molecule has 0 aliphatic rings. The average molecular weight is 248 g/mol. The maximum atomic E-state index is 5.54.